The maximum Gasteiger partial charge on any atom is 0.339 e. The lowest BCUT2D eigenvalue weighted by atomic mass is 10.1. The van der Waals surface area contributed by atoms with Crippen molar-refractivity contribution in [2.24, 2.45) is 0 Å². The molecule has 0 N–H and O–H groups in total. The van der Waals surface area contributed by atoms with Crippen LogP contribution in [-0.4, -0.2) is 31.0 Å². The highest BCUT2D eigenvalue weighted by Crippen LogP contribution is 2.28. The van der Waals surface area contributed by atoms with E-state index in [0.717, 1.165) is 10.5 Å². The minimum absolute atomic E-state index is 0.106. The second kappa shape index (κ2) is 7.70. The highest BCUT2D eigenvalue weighted by molar-refractivity contribution is 7.98. The van der Waals surface area contributed by atoms with Crippen molar-refractivity contribution in [3.63, 3.8) is 0 Å². The summed E-state index contributed by atoms with van der Waals surface area (Å²) in [6, 6.07) is 8.65. The van der Waals surface area contributed by atoms with E-state index in [0.29, 0.717) is 5.75 Å². The third-order valence-electron chi connectivity index (χ3n) is 3.43. The monoisotopic (exact) mass is 344 g/mol. The fourth-order valence-corrected chi connectivity index (χ4v) is 2.79. The SMILES string of the molecule is COC(=O)c1cc(C#N)c(=O)n(Cc2ccc(SC)c(OC)c2)c1. The van der Waals surface area contributed by atoms with Crippen LogP contribution in [0.3, 0.4) is 0 Å². The van der Waals surface area contributed by atoms with Gasteiger partial charge in [0.15, 0.2) is 0 Å². The second-order valence-electron chi connectivity index (χ2n) is 4.87. The van der Waals surface area contributed by atoms with Gasteiger partial charge >= 0.3 is 5.97 Å². The number of pyridine rings is 1. The fraction of sp³-hybridized carbons (Fsp3) is 0.235. The Morgan fingerprint density at radius 1 is 1.33 bits per heavy atom. The predicted octanol–water partition coefficient (Wildman–Crippen LogP) is 2.29. The van der Waals surface area contributed by atoms with Crippen LogP contribution in [0, 0.1) is 11.3 Å². The molecule has 0 saturated heterocycles. The molecule has 0 saturated carbocycles. The molecule has 1 aromatic carbocycles. The Bertz CT molecular complexity index is 868. The number of rotatable bonds is 5. The van der Waals surface area contributed by atoms with Crippen LogP contribution in [-0.2, 0) is 11.3 Å². The minimum atomic E-state index is -0.601. The number of benzene rings is 1. The summed E-state index contributed by atoms with van der Waals surface area (Å²) >= 11 is 1.56. The highest BCUT2D eigenvalue weighted by Gasteiger charge is 2.13. The molecule has 0 amide bonds. The van der Waals surface area contributed by atoms with Crippen molar-refractivity contribution in [2.45, 2.75) is 11.4 Å². The van der Waals surface area contributed by atoms with Gasteiger partial charge in [-0.25, -0.2) is 4.79 Å². The molecule has 24 heavy (non-hydrogen) atoms. The van der Waals surface area contributed by atoms with Gasteiger partial charge < -0.3 is 14.0 Å². The molecule has 0 atom stereocenters. The number of ether oxygens (including phenoxy) is 2. The summed E-state index contributed by atoms with van der Waals surface area (Å²) in [4.78, 5) is 25.0. The summed E-state index contributed by atoms with van der Waals surface area (Å²) in [6.45, 7) is 0.212. The largest absolute Gasteiger partial charge is 0.496 e. The molecule has 1 aromatic heterocycles. The van der Waals surface area contributed by atoms with Gasteiger partial charge in [-0.1, -0.05) is 6.07 Å². The summed E-state index contributed by atoms with van der Waals surface area (Å²) in [7, 11) is 2.83. The van der Waals surface area contributed by atoms with Gasteiger partial charge in [0.2, 0.25) is 0 Å². The van der Waals surface area contributed by atoms with Crippen molar-refractivity contribution >= 4 is 17.7 Å². The summed E-state index contributed by atoms with van der Waals surface area (Å²) in [5.41, 5.74) is 0.405. The summed E-state index contributed by atoms with van der Waals surface area (Å²) in [5, 5.41) is 9.10. The normalized spacial score (nSPS) is 10.1. The third-order valence-corrected chi connectivity index (χ3v) is 4.21. The van der Waals surface area contributed by atoms with Gasteiger partial charge in [-0.15, -0.1) is 11.8 Å². The molecule has 124 valence electrons. The van der Waals surface area contributed by atoms with E-state index in [-0.39, 0.29) is 17.7 Å². The van der Waals surface area contributed by atoms with Gasteiger partial charge in [0.1, 0.15) is 17.4 Å². The molecule has 2 aromatic rings. The molecule has 0 spiro atoms. The van der Waals surface area contributed by atoms with Crippen LogP contribution < -0.4 is 10.3 Å². The van der Waals surface area contributed by atoms with Crippen LogP contribution in [0.4, 0.5) is 0 Å². The highest BCUT2D eigenvalue weighted by atomic mass is 32.2. The number of nitrogens with zero attached hydrogens (tertiary/aromatic N) is 2. The van der Waals surface area contributed by atoms with Crippen LogP contribution in [0.25, 0.3) is 0 Å². The zero-order valence-corrected chi connectivity index (χ0v) is 14.3. The van der Waals surface area contributed by atoms with Crippen molar-refractivity contribution < 1.29 is 14.3 Å². The second-order valence-corrected chi connectivity index (χ2v) is 5.72. The lowest BCUT2D eigenvalue weighted by molar-refractivity contribution is 0.0599. The molecule has 1 heterocycles. The number of methoxy groups -OCH3 is 2. The smallest absolute Gasteiger partial charge is 0.339 e. The first kappa shape index (κ1) is 17.6. The molecule has 0 radical (unpaired) electrons. The average Bonchev–Trinajstić information content (AvgIpc) is 2.62. The van der Waals surface area contributed by atoms with E-state index in [1.54, 1.807) is 18.9 Å². The molecule has 7 heteroatoms. The van der Waals surface area contributed by atoms with Crippen LogP contribution >= 0.6 is 11.8 Å². The third kappa shape index (κ3) is 3.60. The summed E-state index contributed by atoms with van der Waals surface area (Å²) < 4.78 is 11.3. The summed E-state index contributed by atoms with van der Waals surface area (Å²) in [6.07, 6.45) is 3.34. The van der Waals surface area contributed by atoms with Gasteiger partial charge in [0.25, 0.3) is 5.56 Å². The van der Waals surface area contributed by atoms with Crippen molar-refractivity contribution in [1.29, 1.82) is 5.26 Å². The van der Waals surface area contributed by atoms with Gasteiger partial charge in [0.05, 0.1) is 26.3 Å². The zero-order chi connectivity index (χ0) is 17.7. The van der Waals surface area contributed by atoms with Crippen LogP contribution in [0.1, 0.15) is 21.5 Å². The molecule has 0 aliphatic carbocycles. The topological polar surface area (TPSA) is 81.3 Å². The Morgan fingerprint density at radius 2 is 2.08 bits per heavy atom. The Hall–Kier alpha value is -2.72. The van der Waals surface area contributed by atoms with Crippen molar-refractivity contribution in [2.75, 3.05) is 20.5 Å². The molecular formula is C17H16N2O4S. The lowest BCUT2D eigenvalue weighted by Crippen LogP contribution is -2.24. The quantitative estimate of drug-likeness (QED) is 0.611. The molecule has 2 rings (SSSR count). The van der Waals surface area contributed by atoms with Gasteiger partial charge in [0, 0.05) is 11.1 Å². The number of hydrogen-bond donors (Lipinski definition) is 0. The van der Waals surface area contributed by atoms with Gasteiger partial charge in [-0.05, 0) is 30.0 Å². The van der Waals surface area contributed by atoms with E-state index in [1.807, 2.05) is 30.5 Å². The number of carbonyl (C=O) groups excluding carboxylic acids is 1. The maximum atomic E-state index is 12.3. The molecular weight excluding hydrogens is 328 g/mol. The molecule has 0 bridgehead atoms. The number of aromatic nitrogens is 1. The average molecular weight is 344 g/mol. The molecule has 0 unspecified atom stereocenters. The van der Waals surface area contributed by atoms with E-state index >= 15 is 0 Å². The number of nitriles is 1. The minimum Gasteiger partial charge on any atom is -0.496 e. The van der Waals surface area contributed by atoms with E-state index in [4.69, 9.17) is 10.00 Å². The van der Waals surface area contributed by atoms with E-state index < -0.39 is 11.5 Å². The first-order valence-corrected chi connectivity index (χ1v) is 8.20. The van der Waals surface area contributed by atoms with Crippen molar-refractivity contribution in [3.8, 4) is 11.8 Å². The molecule has 6 nitrogen and oxygen atoms in total. The molecule has 0 aliphatic heterocycles. The van der Waals surface area contributed by atoms with Crippen molar-refractivity contribution in [3.05, 3.63) is 57.5 Å². The summed E-state index contributed by atoms with van der Waals surface area (Å²) in [5.74, 6) is 0.105. The first-order valence-electron chi connectivity index (χ1n) is 6.97. The van der Waals surface area contributed by atoms with Gasteiger partial charge in [-0.2, -0.15) is 5.26 Å². The maximum absolute atomic E-state index is 12.3. The Balaban J connectivity index is 2.48. The Kier molecular flexibility index (Phi) is 5.66. The molecule has 0 aliphatic rings. The zero-order valence-electron chi connectivity index (χ0n) is 13.5. The van der Waals surface area contributed by atoms with E-state index in [2.05, 4.69) is 4.74 Å². The predicted molar refractivity (Wildman–Crippen MR) is 90.6 cm³/mol. The number of hydrogen-bond acceptors (Lipinski definition) is 6. The van der Waals surface area contributed by atoms with Crippen LogP contribution in [0.15, 0.2) is 40.2 Å². The number of thioether (sulfide) groups is 1. The Morgan fingerprint density at radius 3 is 2.67 bits per heavy atom. The fourth-order valence-electron chi connectivity index (χ4n) is 2.24. The lowest BCUT2D eigenvalue weighted by Gasteiger charge is -2.11. The van der Waals surface area contributed by atoms with Gasteiger partial charge in [-0.3, -0.25) is 4.79 Å². The Labute approximate surface area is 143 Å². The van der Waals surface area contributed by atoms with Crippen molar-refractivity contribution in [1.82, 2.24) is 4.57 Å². The molecule has 0 fully saturated rings. The van der Waals surface area contributed by atoms with E-state index in [1.165, 1.54) is 23.9 Å². The van der Waals surface area contributed by atoms with Crippen LogP contribution in [0.5, 0.6) is 5.75 Å². The standard InChI is InChI=1S/C17H16N2O4S/c1-22-14-6-11(4-5-15(14)24-3)9-19-10-13(17(21)23-2)7-12(8-18)16(19)20/h4-7,10H,9H2,1-3H3. The number of esters is 1. The van der Waals surface area contributed by atoms with E-state index in [9.17, 15) is 9.59 Å². The number of carbonyl (C=O) groups is 1. The first-order chi connectivity index (χ1) is 11.5. The van der Waals surface area contributed by atoms with Crippen LogP contribution in [0.2, 0.25) is 0 Å².